The Balaban J connectivity index is 1.05. The molecule has 5 saturated carbocycles. The van der Waals surface area contributed by atoms with E-state index in [-0.39, 0.29) is 34.4 Å². The molecule has 1 amide bonds. The third-order valence-corrected chi connectivity index (χ3v) is 11.6. The third kappa shape index (κ3) is 7.47. The summed E-state index contributed by atoms with van der Waals surface area (Å²) in [5, 5.41) is 13.9. The second-order valence-corrected chi connectivity index (χ2v) is 16.1. The number of ether oxygens (including phenoxy) is 1. The number of hydrogen-bond acceptors (Lipinski definition) is 9. The van der Waals surface area contributed by atoms with Gasteiger partial charge in [0.15, 0.2) is 9.84 Å². The number of anilines is 1. The second-order valence-electron chi connectivity index (χ2n) is 14.1. The summed E-state index contributed by atoms with van der Waals surface area (Å²) < 4.78 is 69.2. The Morgan fingerprint density at radius 2 is 1.59 bits per heavy atom. The summed E-state index contributed by atoms with van der Waals surface area (Å²) in [7, 11) is -3.43. The second kappa shape index (κ2) is 12.9. The lowest BCUT2D eigenvalue weighted by Gasteiger charge is -2.53. The van der Waals surface area contributed by atoms with Crippen molar-refractivity contribution in [2.45, 2.75) is 86.9 Å². The number of halogens is 3. The minimum Gasteiger partial charge on any atom is -0.446 e. The number of nitrogens with zero attached hydrogens (tertiary/aromatic N) is 2. The van der Waals surface area contributed by atoms with Gasteiger partial charge in [-0.3, -0.25) is 10.3 Å². The highest BCUT2D eigenvalue weighted by atomic mass is 32.2. The van der Waals surface area contributed by atoms with Crippen LogP contribution in [0.3, 0.4) is 0 Å². The normalized spacial score (nSPS) is 29.5. The predicted octanol–water partition coefficient (Wildman–Crippen LogP) is 7.19. The quantitative estimate of drug-likeness (QED) is 0.142. The van der Waals surface area contributed by atoms with Gasteiger partial charge in [0.05, 0.1) is 11.0 Å². The zero-order valence-corrected chi connectivity index (χ0v) is 27.7. The zero-order valence-electron chi connectivity index (χ0n) is 26.9. The van der Waals surface area contributed by atoms with Crippen LogP contribution in [0.5, 0.6) is 0 Å². The molecule has 5 aliphatic rings. The van der Waals surface area contributed by atoms with Crippen molar-refractivity contribution in [3.05, 3.63) is 60.6 Å². The van der Waals surface area contributed by atoms with Crippen LogP contribution < -0.4 is 5.32 Å². The van der Waals surface area contributed by atoms with Crippen molar-refractivity contribution >= 4 is 21.7 Å². The van der Waals surface area contributed by atoms with Gasteiger partial charge in [-0.1, -0.05) is 18.2 Å². The van der Waals surface area contributed by atoms with E-state index in [0.717, 1.165) is 56.0 Å². The number of carbonyl (C=O) groups is 1. The molecule has 1 unspecified atom stereocenters. The van der Waals surface area contributed by atoms with E-state index in [1.807, 2.05) is 0 Å². The number of alkyl halides is 3. The lowest BCUT2D eigenvalue weighted by atomic mass is 9.55. The molecule has 0 aliphatic heterocycles. The molecule has 8 rings (SSSR count). The molecule has 0 radical (unpaired) electrons. The van der Waals surface area contributed by atoms with Crippen molar-refractivity contribution in [2.24, 2.45) is 23.7 Å². The minimum atomic E-state index is -4.64. The molecule has 2 N–H and O–H groups in total. The van der Waals surface area contributed by atoms with Crippen LogP contribution in [0, 0.1) is 23.7 Å². The van der Waals surface area contributed by atoms with E-state index in [9.17, 15) is 31.5 Å². The Kier molecular flexibility index (Phi) is 8.95. The molecule has 3 aromatic rings. The summed E-state index contributed by atoms with van der Waals surface area (Å²) in [5.74, 6) is 0.831. The van der Waals surface area contributed by atoms with Crippen LogP contribution >= 0.6 is 0 Å². The molecule has 10 nitrogen and oxygen atoms in total. The van der Waals surface area contributed by atoms with Crippen LogP contribution in [0.25, 0.3) is 22.3 Å². The van der Waals surface area contributed by atoms with Gasteiger partial charge in [0.2, 0.25) is 5.79 Å². The number of aromatic nitrogens is 2. The van der Waals surface area contributed by atoms with Gasteiger partial charge in [-0.25, -0.2) is 28.0 Å². The first-order valence-electron chi connectivity index (χ1n) is 16.6. The monoisotopic (exact) mass is 701 g/mol. The van der Waals surface area contributed by atoms with Crippen molar-refractivity contribution in [3.63, 3.8) is 0 Å². The molecule has 14 heteroatoms. The molecule has 262 valence electrons. The summed E-state index contributed by atoms with van der Waals surface area (Å²) >= 11 is 0. The van der Waals surface area contributed by atoms with Gasteiger partial charge in [0, 0.05) is 48.2 Å². The molecule has 4 bridgehead atoms. The van der Waals surface area contributed by atoms with Gasteiger partial charge in [0.1, 0.15) is 17.6 Å². The fourth-order valence-corrected chi connectivity index (χ4v) is 8.99. The lowest BCUT2D eigenvalue weighted by Crippen LogP contribution is -2.51. The maximum Gasteiger partial charge on any atom is 0.433 e. The Hall–Kier alpha value is -3.59. The van der Waals surface area contributed by atoms with Crippen molar-refractivity contribution in [3.8, 4) is 22.3 Å². The maximum absolute atomic E-state index is 13.2. The first-order chi connectivity index (χ1) is 23.2. The van der Waals surface area contributed by atoms with Crippen molar-refractivity contribution < 1.29 is 46.0 Å². The Morgan fingerprint density at radius 3 is 2.20 bits per heavy atom. The average Bonchev–Trinajstić information content (AvgIpc) is 3.04. The van der Waals surface area contributed by atoms with Gasteiger partial charge in [-0.2, -0.15) is 13.2 Å². The summed E-state index contributed by atoms with van der Waals surface area (Å²) in [4.78, 5) is 32.9. The fraction of sp³-hybridized carbons (Fsp3) is 0.514. The van der Waals surface area contributed by atoms with Crippen LogP contribution in [0.4, 0.5) is 23.8 Å². The van der Waals surface area contributed by atoms with Crippen LogP contribution in [0.15, 0.2) is 59.8 Å². The molecule has 0 saturated heterocycles. The first kappa shape index (κ1) is 33.9. The predicted molar refractivity (Wildman–Crippen MR) is 171 cm³/mol. The molecular weight excluding hydrogens is 663 g/mol. The zero-order chi connectivity index (χ0) is 34.6. The summed E-state index contributed by atoms with van der Waals surface area (Å²) in [6.07, 6.45) is 4.59. The highest BCUT2D eigenvalue weighted by Gasteiger charge is 2.50. The number of aliphatic hydroxyl groups is 1. The van der Waals surface area contributed by atoms with E-state index in [0.29, 0.717) is 42.2 Å². The van der Waals surface area contributed by atoms with E-state index in [4.69, 9.17) is 14.5 Å². The summed E-state index contributed by atoms with van der Waals surface area (Å²) in [6.45, 7) is 0. The molecule has 2 heterocycles. The highest BCUT2D eigenvalue weighted by molar-refractivity contribution is 7.90. The molecule has 49 heavy (non-hydrogen) atoms. The number of sulfone groups is 1. The van der Waals surface area contributed by atoms with E-state index < -0.39 is 39.7 Å². The Labute approximate surface area is 282 Å². The van der Waals surface area contributed by atoms with Crippen molar-refractivity contribution in [1.82, 2.24) is 9.97 Å². The van der Waals surface area contributed by atoms with E-state index >= 15 is 0 Å². The SMILES string of the molecule is CS(=O)(=O)c1ccc(-c2cnc(NC(=O)OC3CCC[C@@](O)(OOC4C5CC6CC(C5)CC4C6)C3)c(-c3ccc(C(F)(F)F)nc3)c2)cc1. The fourth-order valence-electron chi connectivity index (χ4n) is 8.35. The minimum absolute atomic E-state index is 0.00982. The third-order valence-electron chi connectivity index (χ3n) is 10.5. The maximum atomic E-state index is 13.2. The Bertz CT molecular complexity index is 1780. The van der Waals surface area contributed by atoms with Gasteiger partial charge in [0.25, 0.3) is 0 Å². The Morgan fingerprint density at radius 1 is 0.939 bits per heavy atom. The molecule has 1 aromatic carbocycles. The van der Waals surface area contributed by atoms with Gasteiger partial charge < -0.3 is 9.84 Å². The highest BCUT2D eigenvalue weighted by Crippen LogP contribution is 2.55. The number of pyridine rings is 2. The topological polar surface area (TPSA) is 137 Å². The summed E-state index contributed by atoms with van der Waals surface area (Å²) in [6, 6.07) is 9.72. The molecule has 0 spiro atoms. The van der Waals surface area contributed by atoms with Gasteiger partial charge in [-0.05, 0) is 98.4 Å². The van der Waals surface area contributed by atoms with Crippen molar-refractivity contribution in [2.75, 3.05) is 11.6 Å². The molecule has 2 aromatic heterocycles. The number of nitrogens with one attached hydrogen (secondary N) is 1. The lowest BCUT2D eigenvalue weighted by molar-refractivity contribution is -0.461. The van der Waals surface area contributed by atoms with Crippen LogP contribution in [0.1, 0.15) is 63.5 Å². The van der Waals surface area contributed by atoms with Crippen LogP contribution in [0.2, 0.25) is 0 Å². The van der Waals surface area contributed by atoms with E-state index in [2.05, 4.69) is 15.3 Å². The van der Waals surface area contributed by atoms with E-state index in [1.165, 1.54) is 30.8 Å². The van der Waals surface area contributed by atoms with E-state index in [1.54, 1.807) is 18.2 Å². The molecule has 5 aliphatic carbocycles. The largest absolute Gasteiger partial charge is 0.446 e. The molecule has 5 fully saturated rings. The molecule has 2 atom stereocenters. The van der Waals surface area contributed by atoms with Gasteiger partial charge >= 0.3 is 12.3 Å². The summed E-state index contributed by atoms with van der Waals surface area (Å²) in [5.41, 5.74) is 0.531. The number of amides is 1. The van der Waals surface area contributed by atoms with Crippen LogP contribution in [-0.2, 0) is 30.5 Å². The van der Waals surface area contributed by atoms with Gasteiger partial charge in [-0.15, -0.1) is 0 Å². The number of rotatable bonds is 8. The standard InChI is InChI=1S/C35H38F3N3O7S/c1-49(44,45)28-7-4-22(5-8-28)26-16-29(23-6-9-30(39-18-23)35(36,37)38)32(40-19-26)41-33(42)46-27-3-2-10-34(43,17-27)48-47-31-24-12-20-11-21(14-24)15-25(31)13-20/h4-9,16,18-21,24-25,27,31,43H,2-3,10-15,17H2,1H3,(H,40,41,42)/t20?,21?,24?,25?,27?,31?,34-/m1/s1. The molecular formula is C35H38F3N3O7S. The average molecular weight is 702 g/mol. The van der Waals surface area contributed by atoms with Crippen LogP contribution in [-0.4, -0.2) is 53.8 Å². The number of carbonyl (C=O) groups excluding carboxylic acids is 1. The number of benzene rings is 1. The number of hydrogen-bond donors (Lipinski definition) is 2. The smallest absolute Gasteiger partial charge is 0.433 e. The first-order valence-corrected chi connectivity index (χ1v) is 18.5. The van der Waals surface area contributed by atoms with Crippen molar-refractivity contribution in [1.29, 1.82) is 0 Å².